The summed E-state index contributed by atoms with van der Waals surface area (Å²) in [6.07, 6.45) is 2.93. The molecule has 286 valence electrons. The molecule has 1 unspecified atom stereocenters. The van der Waals surface area contributed by atoms with Crippen LogP contribution >= 0.6 is 7.37 Å². The van der Waals surface area contributed by atoms with Crippen molar-refractivity contribution in [3.8, 4) is 23.0 Å². The fourth-order valence-corrected chi connectivity index (χ4v) is 7.86. The number of carbonyl (C=O) groups excluding carboxylic acids is 1. The van der Waals surface area contributed by atoms with Gasteiger partial charge in [-0.05, 0) is 54.3 Å². The maximum Gasteiger partial charge on any atom is 0.323 e. The van der Waals surface area contributed by atoms with Crippen molar-refractivity contribution in [1.29, 1.82) is 0 Å². The number of hydrogen-bond acceptors (Lipinski definition) is 10. The number of anilines is 5. The van der Waals surface area contributed by atoms with Crippen molar-refractivity contribution in [3.05, 3.63) is 96.2 Å². The van der Waals surface area contributed by atoms with Crippen LogP contribution in [0.4, 0.5) is 33.4 Å². The van der Waals surface area contributed by atoms with Crippen LogP contribution in [0.3, 0.4) is 0 Å². The molecule has 0 aliphatic rings. The third kappa shape index (κ3) is 10.2. The number of carbonyl (C=O) groups is 1. The van der Waals surface area contributed by atoms with Crippen LogP contribution in [0.15, 0.2) is 85.1 Å². The minimum atomic E-state index is -3.64. The van der Waals surface area contributed by atoms with Crippen LogP contribution in [-0.4, -0.2) is 53.2 Å². The van der Waals surface area contributed by atoms with E-state index in [0.29, 0.717) is 46.7 Å². The average molecular weight is 776 g/mol. The number of nitrogens with zero attached hydrogens (tertiary/aromatic N) is 1. The van der Waals surface area contributed by atoms with Crippen molar-refractivity contribution in [3.63, 3.8) is 0 Å². The van der Waals surface area contributed by atoms with Gasteiger partial charge in [0.1, 0.15) is 23.1 Å². The number of benzene rings is 4. The molecule has 1 atom stereocenters. The molecule has 1 aromatic heterocycles. The lowest BCUT2D eigenvalue weighted by Gasteiger charge is -2.24. The molecule has 5 aromatic rings. The Labute approximate surface area is 316 Å². The molecule has 0 bridgehead atoms. The van der Waals surface area contributed by atoms with Gasteiger partial charge in [-0.3, -0.25) is 9.29 Å². The summed E-state index contributed by atoms with van der Waals surface area (Å²) in [5, 5.41) is 10.5. The molecule has 13 nitrogen and oxygen atoms in total. The van der Waals surface area contributed by atoms with Gasteiger partial charge in [-0.2, -0.15) is 0 Å². The quantitative estimate of drug-likeness (QED) is 0.0798. The molecular weight excluding hydrogens is 729 g/mol. The van der Waals surface area contributed by atoms with Gasteiger partial charge in [-0.25, -0.2) is 18.2 Å². The predicted octanol–water partition coefficient (Wildman–Crippen LogP) is 9.55. The molecule has 0 aliphatic heterocycles. The normalized spacial score (nSPS) is 12.7. The van der Waals surface area contributed by atoms with Gasteiger partial charge in [0.2, 0.25) is 17.4 Å². The number of urea groups is 1. The van der Waals surface area contributed by atoms with E-state index < -0.39 is 23.4 Å². The minimum absolute atomic E-state index is 0.171. The third-order valence-corrected chi connectivity index (χ3v) is 10.5. The number of hydrogen-bond donors (Lipinski definition) is 4. The van der Waals surface area contributed by atoms with E-state index in [0.717, 1.165) is 28.2 Å². The Morgan fingerprint density at radius 1 is 0.852 bits per heavy atom. The first kappa shape index (κ1) is 39.9. The first-order valence-corrected chi connectivity index (χ1v) is 21.2. The van der Waals surface area contributed by atoms with Gasteiger partial charge in [-0.15, -0.1) is 0 Å². The first-order chi connectivity index (χ1) is 25.5. The number of fused-ring (bicyclic) bond motifs is 1. The number of amides is 2. The molecule has 15 heteroatoms. The Morgan fingerprint density at radius 2 is 1.56 bits per heavy atom. The lowest BCUT2D eigenvalue weighted by atomic mass is 9.86. The lowest BCUT2D eigenvalue weighted by Crippen LogP contribution is -2.22. The molecule has 0 saturated carbocycles. The van der Waals surface area contributed by atoms with Crippen molar-refractivity contribution in [2.75, 3.05) is 54.4 Å². The molecule has 0 saturated heterocycles. The standard InChI is InChI=1S/C39H46N5O8PS/c1-9-51-53(7,46)24-25-14-15-27(22-35(25)49-5)41-36-23-28(18-19-40-36)52-34-17-16-31(29-12-10-11-13-30(29)34)42-38(45)43-32-20-26(39(2,3)4)21-33(37(32)50-6)44-54(8,47)48/h10-23,44H,9,24H2,1-8H3,(H,40,41)(H2,42,43,45). The van der Waals surface area contributed by atoms with Crippen molar-refractivity contribution in [2.24, 2.45) is 0 Å². The summed E-state index contributed by atoms with van der Waals surface area (Å²) in [5.41, 5.74) is 2.94. The van der Waals surface area contributed by atoms with Crippen LogP contribution in [0.5, 0.6) is 23.0 Å². The lowest BCUT2D eigenvalue weighted by molar-refractivity contribution is 0.262. The number of ether oxygens (including phenoxy) is 3. The number of methoxy groups -OCH3 is 2. The highest BCUT2D eigenvalue weighted by molar-refractivity contribution is 7.92. The van der Waals surface area contributed by atoms with E-state index in [2.05, 4.69) is 25.7 Å². The zero-order valence-electron chi connectivity index (χ0n) is 31.6. The van der Waals surface area contributed by atoms with Crippen LogP contribution in [0.1, 0.15) is 38.8 Å². The number of pyridine rings is 1. The number of nitrogens with one attached hydrogen (secondary N) is 4. The molecule has 0 fully saturated rings. The fraction of sp³-hybridized carbons (Fsp3) is 0.282. The molecule has 4 aromatic carbocycles. The van der Waals surface area contributed by atoms with Crippen molar-refractivity contribution < 1.29 is 36.5 Å². The van der Waals surface area contributed by atoms with Crippen LogP contribution in [-0.2, 0) is 30.7 Å². The second-order valence-electron chi connectivity index (χ2n) is 13.7. The summed E-state index contributed by atoms with van der Waals surface area (Å²) in [4.78, 5) is 17.9. The monoisotopic (exact) mass is 775 g/mol. The highest BCUT2D eigenvalue weighted by Crippen LogP contribution is 2.48. The van der Waals surface area contributed by atoms with Gasteiger partial charge < -0.3 is 34.7 Å². The zero-order chi connectivity index (χ0) is 39.3. The molecule has 0 aliphatic carbocycles. The SMILES string of the molecule is CCOP(C)(=O)Cc1ccc(Nc2cc(Oc3ccc(NC(=O)Nc4cc(C(C)(C)C)cc(NS(C)(=O)=O)c4OC)c4ccccc34)ccn2)cc1OC. The topological polar surface area (TPSA) is 166 Å². The molecule has 4 N–H and O–H groups in total. The van der Waals surface area contributed by atoms with E-state index >= 15 is 0 Å². The van der Waals surface area contributed by atoms with E-state index in [1.807, 2.05) is 70.2 Å². The summed E-state index contributed by atoms with van der Waals surface area (Å²) in [7, 11) is -3.48. The predicted molar refractivity (Wildman–Crippen MR) is 216 cm³/mol. The van der Waals surface area contributed by atoms with E-state index in [-0.39, 0.29) is 23.0 Å². The summed E-state index contributed by atoms with van der Waals surface area (Å²) >= 11 is 0. The molecule has 54 heavy (non-hydrogen) atoms. The van der Waals surface area contributed by atoms with Crippen LogP contribution in [0.25, 0.3) is 10.8 Å². The largest absolute Gasteiger partial charge is 0.496 e. The van der Waals surface area contributed by atoms with Gasteiger partial charge in [-0.1, -0.05) is 51.1 Å². The minimum Gasteiger partial charge on any atom is -0.496 e. The second kappa shape index (κ2) is 16.4. The van der Waals surface area contributed by atoms with E-state index in [1.165, 1.54) is 7.11 Å². The summed E-state index contributed by atoms with van der Waals surface area (Å²) in [6.45, 7) is 9.75. The maximum absolute atomic E-state index is 13.5. The molecular formula is C39H46N5O8PS. The maximum atomic E-state index is 13.5. The summed E-state index contributed by atoms with van der Waals surface area (Å²) in [6, 6.07) is 22.9. The van der Waals surface area contributed by atoms with E-state index in [4.69, 9.17) is 18.7 Å². The van der Waals surface area contributed by atoms with Crippen LogP contribution < -0.4 is 34.9 Å². The Balaban J connectivity index is 1.36. The zero-order valence-corrected chi connectivity index (χ0v) is 33.3. The fourth-order valence-electron chi connectivity index (χ4n) is 5.79. The third-order valence-electron chi connectivity index (χ3n) is 8.21. The highest BCUT2D eigenvalue weighted by Gasteiger charge is 2.23. The van der Waals surface area contributed by atoms with Crippen molar-refractivity contribution >= 4 is 62.8 Å². The van der Waals surface area contributed by atoms with Gasteiger partial charge >= 0.3 is 6.03 Å². The highest BCUT2D eigenvalue weighted by atomic mass is 32.2. The number of aromatic nitrogens is 1. The number of sulfonamides is 1. The van der Waals surface area contributed by atoms with Crippen LogP contribution in [0.2, 0.25) is 0 Å². The molecule has 0 spiro atoms. The van der Waals surface area contributed by atoms with Crippen molar-refractivity contribution in [2.45, 2.75) is 39.3 Å². The van der Waals surface area contributed by atoms with Crippen LogP contribution in [0, 0.1) is 0 Å². The molecule has 0 radical (unpaired) electrons. The average Bonchev–Trinajstić information content (AvgIpc) is 3.09. The Morgan fingerprint density at radius 3 is 2.22 bits per heavy atom. The number of rotatable bonds is 14. The van der Waals surface area contributed by atoms with E-state index in [9.17, 15) is 17.8 Å². The van der Waals surface area contributed by atoms with Gasteiger partial charge in [0.15, 0.2) is 5.75 Å². The first-order valence-electron chi connectivity index (χ1n) is 17.1. The summed E-state index contributed by atoms with van der Waals surface area (Å²) < 4.78 is 62.5. The van der Waals surface area contributed by atoms with E-state index in [1.54, 1.807) is 56.4 Å². The Hall–Kier alpha value is -5.30. The van der Waals surface area contributed by atoms with Gasteiger partial charge in [0.25, 0.3) is 0 Å². The molecule has 1 heterocycles. The summed E-state index contributed by atoms with van der Waals surface area (Å²) in [5.74, 6) is 2.35. The Kier molecular flexibility index (Phi) is 12.1. The Bertz CT molecular complexity index is 2330. The van der Waals surface area contributed by atoms with Gasteiger partial charge in [0.05, 0.1) is 50.3 Å². The second-order valence-corrected chi connectivity index (χ2v) is 18.0. The van der Waals surface area contributed by atoms with Crippen molar-refractivity contribution in [1.82, 2.24) is 4.98 Å². The molecule has 5 rings (SSSR count). The molecule has 2 amide bonds. The van der Waals surface area contributed by atoms with Gasteiger partial charge in [0, 0.05) is 47.0 Å². The smallest absolute Gasteiger partial charge is 0.323 e.